The molecule has 2 aromatic rings. The highest BCUT2D eigenvalue weighted by Gasteiger charge is 2.28. The zero-order valence-electron chi connectivity index (χ0n) is 20.2. The Hall–Kier alpha value is -2.77. The highest BCUT2D eigenvalue weighted by molar-refractivity contribution is 6.04. The summed E-state index contributed by atoms with van der Waals surface area (Å²) >= 11 is 0. The summed E-state index contributed by atoms with van der Waals surface area (Å²) < 4.78 is 31.7. The summed E-state index contributed by atoms with van der Waals surface area (Å²) in [5.41, 5.74) is 1.48. The van der Waals surface area contributed by atoms with E-state index in [0.29, 0.717) is 12.5 Å². The fourth-order valence-corrected chi connectivity index (χ4v) is 5.11. The Labute approximate surface area is 206 Å². The molecule has 0 aliphatic carbocycles. The molecule has 4 rings (SSSR count). The molecule has 0 radical (unpaired) electrons. The molecular formula is C28H34F2N2O3. The van der Waals surface area contributed by atoms with Crippen LogP contribution in [0.4, 0.5) is 8.78 Å². The number of hydrogen-bond acceptors (Lipinski definition) is 5. The molecule has 0 spiro atoms. The maximum Gasteiger partial charge on any atom is 0.187 e. The number of ketones is 1. The minimum absolute atomic E-state index is 0.126. The molecule has 0 aromatic heterocycles. The van der Waals surface area contributed by atoms with Crippen LogP contribution in [0.5, 0.6) is 5.75 Å². The molecule has 7 heteroatoms. The third-order valence-electron chi connectivity index (χ3n) is 7.38. The molecule has 2 aliphatic rings. The van der Waals surface area contributed by atoms with E-state index in [9.17, 15) is 18.7 Å². The van der Waals surface area contributed by atoms with Gasteiger partial charge in [-0.2, -0.15) is 0 Å². The summed E-state index contributed by atoms with van der Waals surface area (Å²) in [7, 11) is 1.68. The van der Waals surface area contributed by atoms with Gasteiger partial charge in [-0.3, -0.25) is 4.79 Å². The predicted molar refractivity (Wildman–Crippen MR) is 132 cm³/mol. The number of hydrogen-bond donors (Lipinski definition) is 1. The number of methoxy groups -OCH3 is 1. The second kappa shape index (κ2) is 11.8. The number of piperidine rings is 2. The van der Waals surface area contributed by atoms with Gasteiger partial charge in [0.15, 0.2) is 17.4 Å². The van der Waals surface area contributed by atoms with Gasteiger partial charge in [0.1, 0.15) is 5.75 Å². The Kier molecular flexibility index (Phi) is 8.52. The number of nitrogens with zero attached hydrogens (tertiary/aromatic N) is 2. The molecule has 1 atom stereocenters. The molecule has 2 saturated heterocycles. The molecule has 2 heterocycles. The summed E-state index contributed by atoms with van der Waals surface area (Å²) in [6.45, 7) is 4.18. The van der Waals surface area contributed by atoms with E-state index >= 15 is 0 Å². The van der Waals surface area contributed by atoms with Crippen LogP contribution in [0.2, 0.25) is 0 Å². The van der Waals surface area contributed by atoms with Crippen LogP contribution in [0, 0.1) is 17.6 Å². The minimum atomic E-state index is -1.02. The van der Waals surface area contributed by atoms with Crippen molar-refractivity contribution in [2.45, 2.75) is 37.7 Å². The van der Waals surface area contributed by atoms with Gasteiger partial charge < -0.3 is 19.6 Å². The van der Waals surface area contributed by atoms with Crippen LogP contribution in [0.25, 0.3) is 0 Å². The van der Waals surface area contributed by atoms with E-state index in [2.05, 4.69) is 17.0 Å². The molecule has 2 fully saturated rings. The molecule has 5 nitrogen and oxygen atoms in total. The first-order chi connectivity index (χ1) is 16.9. The Morgan fingerprint density at radius 2 is 1.71 bits per heavy atom. The average Bonchev–Trinajstić information content (AvgIpc) is 2.89. The van der Waals surface area contributed by atoms with E-state index in [1.54, 1.807) is 13.3 Å². The number of likely N-dealkylation sites (tertiary alicyclic amines) is 2. The van der Waals surface area contributed by atoms with Crippen LogP contribution in [0.3, 0.4) is 0 Å². The van der Waals surface area contributed by atoms with Crippen molar-refractivity contribution in [3.8, 4) is 5.75 Å². The lowest BCUT2D eigenvalue weighted by atomic mass is 9.88. The SMILES string of the molecule is COc1ccc(C2CCN(CC(O)C3CCN(C=CC(=O)c4ccc(F)c(F)c4)CC3)CC2)cc1. The first-order valence-corrected chi connectivity index (χ1v) is 12.4. The second-order valence-corrected chi connectivity index (χ2v) is 9.60. The van der Waals surface area contributed by atoms with Crippen molar-refractivity contribution in [1.29, 1.82) is 0 Å². The number of carbonyl (C=O) groups excluding carboxylic acids is 1. The summed E-state index contributed by atoms with van der Waals surface area (Å²) in [5.74, 6) is -0.675. The quantitative estimate of drug-likeness (QED) is 0.438. The Morgan fingerprint density at radius 3 is 2.34 bits per heavy atom. The normalized spacial score (nSPS) is 19.3. The van der Waals surface area contributed by atoms with Crippen molar-refractivity contribution < 1.29 is 23.4 Å². The molecule has 188 valence electrons. The fourth-order valence-electron chi connectivity index (χ4n) is 5.11. The molecule has 0 saturated carbocycles. The van der Waals surface area contributed by atoms with Gasteiger partial charge in [0, 0.05) is 37.5 Å². The highest BCUT2D eigenvalue weighted by Crippen LogP contribution is 2.30. The summed E-state index contributed by atoms with van der Waals surface area (Å²) in [5, 5.41) is 10.9. The third-order valence-corrected chi connectivity index (χ3v) is 7.38. The topological polar surface area (TPSA) is 53.0 Å². The molecule has 0 bridgehead atoms. The monoisotopic (exact) mass is 484 g/mol. The van der Waals surface area contributed by atoms with Crippen LogP contribution in [-0.2, 0) is 0 Å². The van der Waals surface area contributed by atoms with Crippen LogP contribution in [0.1, 0.15) is 47.5 Å². The molecular weight excluding hydrogens is 450 g/mol. The number of halogens is 2. The van der Waals surface area contributed by atoms with Crippen LogP contribution >= 0.6 is 0 Å². The van der Waals surface area contributed by atoms with E-state index in [4.69, 9.17) is 4.74 Å². The first kappa shape index (κ1) is 25.3. The van der Waals surface area contributed by atoms with Gasteiger partial charge in [-0.05, 0) is 86.5 Å². The van der Waals surface area contributed by atoms with Crippen molar-refractivity contribution in [3.05, 3.63) is 77.5 Å². The summed E-state index contributed by atoms with van der Waals surface area (Å²) in [6, 6.07) is 11.5. The maximum atomic E-state index is 13.4. The van der Waals surface area contributed by atoms with Crippen LogP contribution in [-0.4, -0.2) is 66.6 Å². The van der Waals surface area contributed by atoms with Gasteiger partial charge in [0.2, 0.25) is 0 Å². The Balaban J connectivity index is 1.18. The predicted octanol–water partition coefficient (Wildman–Crippen LogP) is 4.62. The van der Waals surface area contributed by atoms with Gasteiger partial charge >= 0.3 is 0 Å². The number of carbonyl (C=O) groups is 1. The van der Waals surface area contributed by atoms with Crippen molar-refractivity contribution in [3.63, 3.8) is 0 Å². The number of benzene rings is 2. The summed E-state index contributed by atoms with van der Waals surface area (Å²) in [4.78, 5) is 16.6. The number of ether oxygens (including phenoxy) is 1. The van der Waals surface area contributed by atoms with E-state index in [1.807, 2.05) is 17.0 Å². The molecule has 2 aromatic carbocycles. The number of β-amino-alcohol motifs (C(OH)–C–C–N with tert-alkyl or cyclic N) is 1. The van der Waals surface area contributed by atoms with Crippen LogP contribution in [0.15, 0.2) is 54.7 Å². The van der Waals surface area contributed by atoms with Gasteiger partial charge in [-0.15, -0.1) is 0 Å². The van der Waals surface area contributed by atoms with E-state index < -0.39 is 11.6 Å². The van der Waals surface area contributed by atoms with E-state index in [0.717, 1.165) is 69.7 Å². The second-order valence-electron chi connectivity index (χ2n) is 9.60. The van der Waals surface area contributed by atoms with Gasteiger partial charge in [0.05, 0.1) is 13.2 Å². The molecule has 0 amide bonds. The van der Waals surface area contributed by atoms with E-state index in [1.165, 1.54) is 17.7 Å². The van der Waals surface area contributed by atoms with Crippen molar-refractivity contribution in [2.24, 2.45) is 5.92 Å². The zero-order chi connectivity index (χ0) is 24.8. The van der Waals surface area contributed by atoms with Crippen LogP contribution < -0.4 is 4.74 Å². The van der Waals surface area contributed by atoms with Gasteiger partial charge in [-0.25, -0.2) is 8.78 Å². The fraction of sp³-hybridized carbons (Fsp3) is 0.464. The van der Waals surface area contributed by atoms with E-state index in [-0.39, 0.29) is 23.4 Å². The number of aliphatic hydroxyl groups is 1. The van der Waals surface area contributed by atoms with Crippen molar-refractivity contribution >= 4 is 5.78 Å². The third kappa shape index (κ3) is 6.67. The largest absolute Gasteiger partial charge is 0.497 e. The summed E-state index contributed by atoms with van der Waals surface area (Å²) in [6.07, 6.45) is 6.65. The standard InChI is InChI=1S/C28H34F2N2O3/c1-35-24-5-2-20(3-6-24)21-8-15-32(16-9-21)19-28(34)22-10-13-31(14-11-22)17-12-27(33)23-4-7-25(29)26(30)18-23/h2-7,12,17-18,21-22,28,34H,8-11,13-16,19H2,1H3. The molecule has 35 heavy (non-hydrogen) atoms. The lowest BCUT2D eigenvalue weighted by molar-refractivity contribution is 0.0319. The lowest BCUT2D eigenvalue weighted by Crippen LogP contribution is -2.43. The van der Waals surface area contributed by atoms with Crippen molar-refractivity contribution in [1.82, 2.24) is 9.80 Å². The number of rotatable bonds is 8. The highest BCUT2D eigenvalue weighted by atomic mass is 19.2. The molecule has 1 unspecified atom stereocenters. The number of allylic oxidation sites excluding steroid dienone is 1. The Bertz CT molecular complexity index is 1010. The Morgan fingerprint density at radius 1 is 1.03 bits per heavy atom. The number of aliphatic hydroxyl groups excluding tert-OH is 1. The first-order valence-electron chi connectivity index (χ1n) is 12.4. The van der Waals surface area contributed by atoms with Gasteiger partial charge in [-0.1, -0.05) is 12.1 Å². The van der Waals surface area contributed by atoms with Crippen molar-refractivity contribution in [2.75, 3.05) is 39.8 Å². The minimum Gasteiger partial charge on any atom is -0.497 e. The lowest BCUT2D eigenvalue weighted by Gasteiger charge is -2.37. The molecule has 1 N–H and O–H groups in total. The van der Waals surface area contributed by atoms with Gasteiger partial charge in [0.25, 0.3) is 0 Å². The maximum absolute atomic E-state index is 13.4. The zero-order valence-corrected chi connectivity index (χ0v) is 20.2. The molecule has 2 aliphatic heterocycles. The average molecular weight is 485 g/mol. The smallest absolute Gasteiger partial charge is 0.187 e.